The monoisotopic (exact) mass is 579 g/mol. The molecule has 1 amide bonds. The number of hydrogen-bond acceptors (Lipinski definition) is 9. The molecule has 0 spiro atoms. The van der Waals surface area contributed by atoms with Crippen LogP contribution in [-0.2, 0) is 24.0 Å². The quantitative estimate of drug-likeness (QED) is 0.0844. The summed E-state index contributed by atoms with van der Waals surface area (Å²) in [5, 5.41) is 60.5. The van der Waals surface area contributed by atoms with E-state index in [4.69, 9.17) is 0 Å². The second kappa shape index (κ2) is 17.0. The Morgan fingerprint density at radius 3 is 1.57 bits per heavy atom. The minimum absolute atomic E-state index is 0.0349. The van der Waals surface area contributed by atoms with Crippen LogP contribution in [0.5, 0.6) is 0 Å². The third-order valence-electron chi connectivity index (χ3n) is 7.06. The van der Waals surface area contributed by atoms with Crippen LogP contribution in [0.2, 0.25) is 0 Å². The second-order valence-corrected chi connectivity index (χ2v) is 10.5. The van der Waals surface area contributed by atoms with Crippen molar-refractivity contribution in [3.05, 3.63) is 0 Å². The first-order valence-corrected chi connectivity index (χ1v) is 13.3. The van der Waals surface area contributed by atoms with E-state index in [-0.39, 0.29) is 93.3 Å². The molecule has 1 heterocycles. The van der Waals surface area contributed by atoms with Crippen LogP contribution in [0.1, 0.15) is 19.8 Å². The molecule has 0 aromatic carbocycles. The molecule has 1 fully saturated rings. The highest BCUT2D eigenvalue weighted by Gasteiger charge is 2.36. The van der Waals surface area contributed by atoms with Crippen LogP contribution >= 0.6 is 0 Å². The summed E-state index contributed by atoms with van der Waals surface area (Å²) in [6, 6.07) is 0. The number of rotatable bonds is 13. The zero-order chi connectivity index (χ0) is 30.3. The van der Waals surface area contributed by atoms with Crippen LogP contribution < -0.4 is 5.32 Å². The maximum Gasteiger partial charge on any atom is 0.359 e. The summed E-state index contributed by atoms with van der Waals surface area (Å²) in [6.45, 7) is 1.31. The maximum absolute atomic E-state index is 12.4. The minimum Gasteiger partial charge on any atom is -0.480 e. The van der Waals surface area contributed by atoms with Crippen molar-refractivity contribution in [1.82, 2.24) is 15.1 Å². The van der Waals surface area contributed by atoms with Crippen LogP contribution in [0.3, 0.4) is 0 Å². The van der Waals surface area contributed by atoms with Gasteiger partial charge in [-0.3, -0.25) is 19.4 Å². The van der Waals surface area contributed by atoms with E-state index in [9.17, 15) is 54.6 Å². The standard InChI is InChI=1S/C24H43N5O11/c1-2-25-19(30)13-26-5-3-9-29(17-23(37)38,18-24(39)40)12-8-27(14-20(31)32)6-4-10-28(11-7-26,15-21(33)34)16-22(35)36/h21,33-34H,2-18H2,1H3,(H3-2,25,30,31,32,35,36,37,38,39,40)/p+2. The van der Waals surface area contributed by atoms with Crippen molar-refractivity contribution in [2.75, 3.05) is 98.2 Å². The number of quaternary nitrogens is 2. The molecule has 1 aliphatic heterocycles. The fraction of sp³-hybridized carbons (Fsp3) is 0.792. The van der Waals surface area contributed by atoms with E-state index in [0.29, 0.717) is 13.0 Å². The molecule has 1 atom stereocenters. The fourth-order valence-corrected chi connectivity index (χ4v) is 5.36. The highest BCUT2D eigenvalue weighted by Crippen LogP contribution is 2.15. The molecule has 1 saturated heterocycles. The van der Waals surface area contributed by atoms with Crippen LogP contribution in [0.4, 0.5) is 0 Å². The number of aliphatic hydroxyl groups is 2. The number of amides is 1. The van der Waals surface area contributed by atoms with Gasteiger partial charge >= 0.3 is 23.9 Å². The molecule has 0 radical (unpaired) electrons. The van der Waals surface area contributed by atoms with Gasteiger partial charge < -0.3 is 44.9 Å². The highest BCUT2D eigenvalue weighted by atomic mass is 16.5. The van der Waals surface area contributed by atoms with Crippen molar-refractivity contribution in [1.29, 1.82) is 0 Å². The molecule has 0 bridgehead atoms. The number of carboxylic acid groups (broad SMARTS) is 4. The number of nitrogens with zero attached hydrogens (tertiary/aromatic N) is 4. The third-order valence-corrected chi connectivity index (χ3v) is 7.06. The molecule has 16 heteroatoms. The molecule has 40 heavy (non-hydrogen) atoms. The molecule has 0 aromatic heterocycles. The Bertz CT molecular complexity index is 856. The largest absolute Gasteiger partial charge is 0.480 e. The van der Waals surface area contributed by atoms with Crippen molar-refractivity contribution in [2.24, 2.45) is 0 Å². The first kappa shape index (κ1) is 35.1. The lowest BCUT2D eigenvalue weighted by atomic mass is 10.2. The van der Waals surface area contributed by atoms with Gasteiger partial charge in [-0.1, -0.05) is 0 Å². The van der Waals surface area contributed by atoms with Gasteiger partial charge in [0.25, 0.3) is 0 Å². The zero-order valence-electron chi connectivity index (χ0n) is 23.1. The summed E-state index contributed by atoms with van der Waals surface area (Å²) < 4.78 is -0.524. The number of nitrogens with one attached hydrogen (secondary N) is 1. The van der Waals surface area contributed by atoms with Crippen molar-refractivity contribution in [3.63, 3.8) is 0 Å². The summed E-state index contributed by atoms with van der Waals surface area (Å²) in [5.41, 5.74) is 0. The van der Waals surface area contributed by atoms with Gasteiger partial charge in [-0.05, 0) is 6.92 Å². The predicted molar refractivity (Wildman–Crippen MR) is 139 cm³/mol. The zero-order valence-corrected chi connectivity index (χ0v) is 23.1. The van der Waals surface area contributed by atoms with Crippen molar-refractivity contribution >= 4 is 29.8 Å². The van der Waals surface area contributed by atoms with Gasteiger partial charge in [0, 0.05) is 45.6 Å². The molecule has 0 aromatic rings. The first-order valence-electron chi connectivity index (χ1n) is 13.3. The Kier molecular flexibility index (Phi) is 15.0. The van der Waals surface area contributed by atoms with Crippen molar-refractivity contribution in [2.45, 2.75) is 26.1 Å². The lowest BCUT2D eigenvalue weighted by Crippen LogP contribution is -2.60. The number of aliphatic hydroxyl groups excluding tert-OH is 1. The Balaban J connectivity index is 3.42. The molecule has 0 saturated carbocycles. The lowest BCUT2D eigenvalue weighted by molar-refractivity contribution is -0.926. The second-order valence-electron chi connectivity index (χ2n) is 10.5. The van der Waals surface area contributed by atoms with Crippen LogP contribution in [0.15, 0.2) is 0 Å². The minimum atomic E-state index is -1.80. The number of carbonyl (C=O) groups excluding carboxylic acids is 1. The van der Waals surface area contributed by atoms with E-state index in [1.165, 1.54) is 0 Å². The summed E-state index contributed by atoms with van der Waals surface area (Å²) >= 11 is 0. The number of likely N-dealkylation sites (N-methyl/N-ethyl adjacent to an activating group) is 1. The molecule has 0 aliphatic carbocycles. The summed E-state index contributed by atoms with van der Waals surface area (Å²) in [7, 11) is 0. The van der Waals surface area contributed by atoms with E-state index >= 15 is 0 Å². The third kappa shape index (κ3) is 14.0. The molecule has 1 unspecified atom stereocenters. The van der Waals surface area contributed by atoms with Crippen LogP contribution in [0.25, 0.3) is 0 Å². The molecule has 1 rings (SSSR count). The summed E-state index contributed by atoms with van der Waals surface area (Å²) in [5.74, 6) is -4.94. The van der Waals surface area contributed by atoms with Gasteiger partial charge in [0.15, 0.2) is 19.6 Å². The molecule has 7 N–H and O–H groups in total. The van der Waals surface area contributed by atoms with Gasteiger partial charge in [0.1, 0.15) is 6.54 Å². The van der Waals surface area contributed by atoms with E-state index < -0.39 is 49.8 Å². The van der Waals surface area contributed by atoms with Gasteiger partial charge in [0.2, 0.25) is 12.2 Å². The number of aliphatic carboxylic acids is 4. The fourth-order valence-electron chi connectivity index (χ4n) is 5.36. The average molecular weight is 580 g/mol. The summed E-state index contributed by atoms with van der Waals surface area (Å²) in [4.78, 5) is 62.5. The van der Waals surface area contributed by atoms with Crippen molar-refractivity contribution < 1.29 is 63.6 Å². The normalized spacial score (nSPS) is 21.8. The van der Waals surface area contributed by atoms with E-state index in [1.807, 2.05) is 0 Å². The van der Waals surface area contributed by atoms with Crippen LogP contribution in [0, 0.1) is 0 Å². The Labute approximate surface area is 233 Å². The topological polar surface area (TPSA) is 225 Å². The number of hydrogen-bond donors (Lipinski definition) is 7. The Morgan fingerprint density at radius 1 is 0.675 bits per heavy atom. The van der Waals surface area contributed by atoms with Gasteiger partial charge in [-0.2, -0.15) is 0 Å². The van der Waals surface area contributed by atoms with E-state index in [2.05, 4.69) is 5.32 Å². The van der Waals surface area contributed by atoms with E-state index in [0.717, 1.165) is 0 Å². The summed E-state index contributed by atoms with van der Waals surface area (Å²) in [6.07, 6.45) is -1.21. The van der Waals surface area contributed by atoms with Gasteiger partial charge in [-0.25, -0.2) is 14.4 Å². The van der Waals surface area contributed by atoms with Crippen molar-refractivity contribution in [3.8, 4) is 0 Å². The Hall–Kier alpha value is -2.89. The SMILES string of the molecule is CCNC(=O)CN1CCC[N+](CC(=O)O)(CC(=O)O)CCN(CC(=O)O)CCC[N+](CC(=O)O)(CC(O)O)CC1. The molecular weight excluding hydrogens is 534 g/mol. The highest BCUT2D eigenvalue weighted by molar-refractivity contribution is 5.77. The Morgan fingerprint density at radius 2 is 1.12 bits per heavy atom. The van der Waals surface area contributed by atoms with Gasteiger partial charge in [0.05, 0.1) is 39.3 Å². The first-order chi connectivity index (χ1) is 18.7. The number of carboxylic acids is 4. The molecule has 16 nitrogen and oxygen atoms in total. The average Bonchev–Trinajstić information content (AvgIpc) is 2.78. The van der Waals surface area contributed by atoms with E-state index in [1.54, 1.807) is 16.7 Å². The van der Waals surface area contributed by atoms with Crippen LogP contribution in [-0.4, -0.2) is 184 Å². The molecular formula is C24H45N5O11+2. The smallest absolute Gasteiger partial charge is 0.359 e. The molecule has 1 aliphatic rings. The van der Waals surface area contributed by atoms with Gasteiger partial charge in [-0.15, -0.1) is 0 Å². The number of carbonyl (C=O) groups is 5. The predicted octanol–water partition coefficient (Wildman–Crippen LogP) is -3.20. The lowest BCUT2D eigenvalue weighted by Gasteiger charge is -2.41. The molecule has 230 valence electrons. The maximum atomic E-state index is 12.4.